The van der Waals surface area contributed by atoms with Crippen molar-refractivity contribution in [3.8, 4) is 0 Å². The van der Waals surface area contributed by atoms with Crippen molar-refractivity contribution in [3.05, 3.63) is 63.6 Å². The second-order valence-corrected chi connectivity index (χ2v) is 6.64. The summed E-state index contributed by atoms with van der Waals surface area (Å²) in [6, 6.07) is 13.3. The molecular weight excluding hydrogens is 438 g/mol. The molecule has 0 bridgehead atoms. The molecule has 27 heavy (non-hydrogen) atoms. The van der Waals surface area contributed by atoms with Crippen molar-refractivity contribution in [3.63, 3.8) is 0 Å². The minimum atomic E-state index is -0.737. The van der Waals surface area contributed by atoms with Crippen molar-refractivity contribution in [2.24, 2.45) is 0 Å². The van der Waals surface area contributed by atoms with Crippen LogP contribution in [0.15, 0.2) is 53.0 Å². The van der Waals surface area contributed by atoms with E-state index in [-0.39, 0.29) is 23.7 Å². The Morgan fingerprint density at radius 1 is 1.07 bits per heavy atom. The Morgan fingerprint density at radius 2 is 1.78 bits per heavy atom. The molecule has 0 fully saturated rings. The number of hydrogen-bond donors (Lipinski definition) is 0. The first kappa shape index (κ1) is 20.9. The molecule has 2 rings (SSSR count). The van der Waals surface area contributed by atoms with E-state index in [1.54, 1.807) is 49.4 Å². The number of ether oxygens (including phenoxy) is 2. The van der Waals surface area contributed by atoms with Crippen molar-refractivity contribution in [2.45, 2.75) is 6.92 Å². The quantitative estimate of drug-likeness (QED) is 0.594. The third-order valence-electron chi connectivity index (χ3n) is 3.44. The fraction of sp³-hybridized carbons (Fsp3) is 0.211. The summed E-state index contributed by atoms with van der Waals surface area (Å²) in [7, 11) is 0. The lowest BCUT2D eigenvalue weighted by Gasteiger charge is -2.21. The van der Waals surface area contributed by atoms with Gasteiger partial charge in [0, 0.05) is 10.2 Å². The molecule has 0 N–H and O–H groups in total. The van der Waals surface area contributed by atoms with Gasteiger partial charge in [-0.2, -0.15) is 0 Å². The average molecular weight is 455 g/mol. The fourth-order valence-electron chi connectivity index (χ4n) is 2.20. The van der Waals surface area contributed by atoms with Gasteiger partial charge in [-0.15, -0.1) is 0 Å². The summed E-state index contributed by atoms with van der Waals surface area (Å²) < 4.78 is 10.6. The SMILES string of the molecule is CCOC(=O)CN(C(=O)COC(=O)c1cc(Br)ccc1Cl)c1ccccc1. The van der Waals surface area contributed by atoms with Crippen molar-refractivity contribution < 1.29 is 23.9 Å². The summed E-state index contributed by atoms with van der Waals surface area (Å²) in [5, 5.41) is 0.210. The number of hydrogen-bond acceptors (Lipinski definition) is 5. The largest absolute Gasteiger partial charge is 0.465 e. The fourth-order valence-corrected chi connectivity index (χ4v) is 2.76. The smallest absolute Gasteiger partial charge is 0.340 e. The number of benzene rings is 2. The Hall–Kier alpha value is -2.38. The number of esters is 2. The number of anilines is 1. The van der Waals surface area contributed by atoms with Crippen LogP contribution in [0.4, 0.5) is 5.69 Å². The molecule has 6 nitrogen and oxygen atoms in total. The van der Waals surface area contributed by atoms with E-state index in [0.29, 0.717) is 10.2 Å². The first-order valence-corrected chi connectivity index (χ1v) is 9.22. The lowest BCUT2D eigenvalue weighted by Crippen LogP contribution is -2.39. The molecule has 2 aromatic carbocycles. The monoisotopic (exact) mass is 453 g/mol. The molecule has 0 saturated carbocycles. The number of carbonyl (C=O) groups is 3. The summed E-state index contributed by atoms with van der Waals surface area (Å²) in [4.78, 5) is 37.8. The molecule has 0 aliphatic rings. The highest BCUT2D eigenvalue weighted by molar-refractivity contribution is 9.10. The summed E-state index contributed by atoms with van der Waals surface area (Å²) in [6.45, 7) is 1.05. The lowest BCUT2D eigenvalue weighted by atomic mass is 10.2. The predicted molar refractivity (Wildman–Crippen MR) is 105 cm³/mol. The van der Waals surface area contributed by atoms with Crippen molar-refractivity contribution in [2.75, 3.05) is 24.7 Å². The zero-order valence-corrected chi connectivity index (χ0v) is 16.8. The van der Waals surface area contributed by atoms with Gasteiger partial charge in [0.1, 0.15) is 6.54 Å². The highest BCUT2D eigenvalue weighted by Crippen LogP contribution is 2.22. The van der Waals surface area contributed by atoms with E-state index in [4.69, 9.17) is 21.1 Å². The van der Waals surface area contributed by atoms with Crippen molar-refractivity contribution in [1.29, 1.82) is 0 Å². The van der Waals surface area contributed by atoms with Gasteiger partial charge in [0.05, 0.1) is 17.2 Å². The minimum absolute atomic E-state index is 0.135. The highest BCUT2D eigenvalue weighted by Gasteiger charge is 2.22. The first-order valence-electron chi connectivity index (χ1n) is 8.05. The van der Waals surface area contributed by atoms with Crippen LogP contribution in [0.1, 0.15) is 17.3 Å². The van der Waals surface area contributed by atoms with Gasteiger partial charge in [-0.05, 0) is 37.3 Å². The second-order valence-electron chi connectivity index (χ2n) is 5.32. The number of rotatable bonds is 7. The predicted octanol–water partition coefficient (Wildman–Crippen LogP) is 3.86. The standard InChI is InChI=1S/C19H17BrClNO5/c1-2-26-18(24)11-22(14-6-4-3-5-7-14)17(23)12-27-19(25)15-10-13(20)8-9-16(15)21/h3-10H,2,11-12H2,1H3. The lowest BCUT2D eigenvalue weighted by molar-refractivity contribution is -0.142. The molecule has 0 atom stereocenters. The zero-order chi connectivity index (χ0) is 19.8. The molecule has 0 radical (unpaired) electrons. The zero-order valence-electron chi connectivity index (χ0n) is 14.5. The molecule has 0 heterocycles. The molecular formula is C19H17BrClNO5. The van der Waals surface area contributed by atoms with Crippen molar-refractivity contribution in [1.82, 2.24) is 0 Å². The van der Waals surface area contributed by atoms with Gasteiger partial charge in [-0.3, -0.25) is 14.5 Å². The summed E-state index contributed by atoms with van der Waals surface area (Å²) in [5.74, 6) is -1.86. The molecule has 0 saturated heterocycles. The molecule has 0 spiro atoms. The van der Waals surface area contributed by atoms with E-state index in [9.17, 15) is 14.4 Å². The topological polar surface area (TPSA) is 72.9 Å². The van der Waals surface area contributed by atoms with Crippen LogP contribution in [-0.2, 0) is 19.1 Å². The Bertz CT molecular complexity index is 828. The number of carbonyl (C=O) groups excluding carboxylic acids is 3. The van der Waals surface area contributed by atoms with Gasteiger partial charge in [0.2, 0.25) is 0 Å². The van der Waals surface area contributed by atoms with Gasteiger partial charge in [0.25, 0.3) is 5.91 Å². The van der Waals surface area contributed by atoms with Crippen LogP contribution in [0.25, 0.3) is 0 Å². The maximum absolute atomic E-state index is 12.6. The van der Waals surface area contributed by atoms with E-state index in [2.05, 4.69) is 15.9 Å². The molecule has 0 aliphatic carbocycles. The van der Waals surface area contributed by atoms with E-state index in [1.807, 2.05) is 0 Å². The summed E-state index contributed by atoms with van der Waals surface area (Å²) >= 11 is 9.24. The maximum Gasteiger partial charge on any atom is 0.340 e. The van der Waals surface area contributed by atoms with Gasteiger partial charge in [-0.25, -0.2) is 4.79 Å². The normalized spacial score (nSPS) is 10.2. The molecule has 142 valence electrons. The molecule has 0 unspecified atom stereocenters. The Kier molecular flexibility index (Phi) is 7.82. The van der Waals surface area contributed by atoms with Crippen molar-refractivity contribution >= 4 is 51.1 Å². The van der Waals surface area contributed by atoms with E-state index in [1.165, 1.54) is 11.0 Å². The molecule has 0 aromatic heterocycles. The number of nitrogens with zero attached hydrogens (tertiary/aromatic N) is 1. The number of amides is 1. The molecule has 0 aliphatic heterocycles. The van der Waals surface area contributed by atoms with Crippen LogP contribution < -0.4 is 4.90 Å². The van der Waals surface area contributed by atoms with Crippen LogP contribution in [0, 0.1) is 0 Å². The molecule has 2 aromatic rings. The minimum Gasteiger partial charge on any atom is -0.465 e. The second kappa shape index (κ2) is 10.1. The van der Waals surface area contributed by atoms with E-state index < -0.39 is 24.5 Å². The van der Waals surface area contributed by atoms with Crippen LogP contribution in [0.5, 0.6) is 0 Å². The van der Waals surface area contributed by atoms with Crippen LogP contribution in [0.3, 0.4) is 0 Å². The Balaban J connectivity index is 2.10. The molecule has 8 heteroatoms. The van der Waals surface area contributed by atoms with Crippen LogP contribution in [-0.4, -0.2) is 37.6 Å². The third kappa shape index (κ3) is 6.08. The van der Waals surface area contributed by atoms with Gasteiger partial charge in [0.15, 0.2) is 6.61 Å². The van der Waals surface area contributed by atoms with Crippen LogP contribution >= 0.6 is 27.5 Å². The van der Waals surface area contributed by atoms with E-state index in [0.717, 1.165) is 0 Å². The average Bonchev–Trinajstić information content (AvgIpc) is 2.66. The number of halogens is 2. The van der Waals surface area contributed by atoms with E-state index >= 15 is 0 Å². The third-order valence-corrected chi connectivity index (χ3v) is 4.26. The number of para-hydroxylation sites is 1. The van der Waals surface area contributed by atoms with Gasteiger partial charge >= 0.3 is 11.9 Å². The maximum atomic E-state index is 12.6. The molecule has 1 amide bonds. The summed E-state index contributed by atoms with van der Waals surface area (Å²) in [5.41, 5.74) is 0.627. The Morgan fingerprint density at radius 3 is 2.44 bits per heavy atom. The van der Waals surface area contributed by atoms with Gasteiger partial charge < -0.3 is 9.47 Å². The first-order chi connectivity index (χ1) is 12.9. The van der Waals surface area contributed by atoms with Crippen LogP contribution in [0.2, 0.25) is 5.02 Å². The highest BCUT2D eigenvalue weighted by atomic mass is 79.9. The summed E-state index contributed by atoms with van der Waals surface area (Å²) in [6.07, 6.45) is 0. The van der Waals surface area contributed by atoms with Gasteiger partial charge in [-0.1, -0.05) is 45.7 Å². The Labute approximate surface area is 170 Å².